The molecule has 0 aromatic rings. The molecular weight excluding hydrogens is 214 g/mol. The molecule has 2 heteroatoms. The highest BCUT2D eigenvalue weighted by Crippen LogP contribution is 2.24. The number of unbranched alkanes of at least 4 members (excludes halogenated alkanes) is 2. The minimum atomic E-state index is 0.486. The second-order valence-corrected chi connectivity index (χ2v) is 7.11. The Morgan fingerprint density at radius 1 is 1.19 bits per heavy atom. The van der Waals surface area contributed by atoms with E-state index in [1.807, 2.05) is 0 Å². The first kappa shape index (κ1) is 14.4. The minimum absolute atomic E-state index is 0.486. The monoisotopic (exact) mass is 243 g/mol. The second kappa shape index (κ2) is 7.60. The maximum Gasteiger partial charge on any atom is 0.00830 e. The Morgan fingerprint density at radius 3 is 2.50 bits per heavy atom. The van der Waals surface area contributed by atoms with E-state index in [1.54, 1.807) is 0 Å². The Bertz CT molecular complexity index is 174. The lowest BCUT2D eigenvalue weighted by atomic mass is 9.86. The Kier molecular flexibility index (Phi) is 6.83. The van der Waals surface area contributed by atoms with Gasteiger partial charge in [0.1, 0.15) is 0 Å². The van der Waals surface area contributed by atoms with E-state index >= 15 is 0 Å². The summed E-state index contributed by atoms with van der Waals surface area (Å²) in [4.78, 5) is 0. The van der Waals surface area contributed by atoms with Crippen LogP contribution in [0, 0.1) is 5.41 Å². The summed E-state index contributed by atoms with van der Waals surface area (Å²) < 4.78 is 0. The number of hydrogen-bond donors (Lipinski definition) is 1. The van der Waals surface area contributed by atoms with E-state index in [9.17, 15) is 0 Å². The summed E-state index contributed by atoms with van der Waals surface area (Å²) in [6.45, 7) is 8.30. The molecule has 0 unspecified atom stereocenters. The van der Waals surface area contributed by atoms with Crippen molar-refractivity contribution in [1.82, 2.24) is 5.32 Å². The van der Waals surface area contributed by atoms with Gasteiger partial charge < -0.3 is 5.32 Å². The molecule has 1 aliphatic rings. The third-order valence-electron chi connectivity index (χ3n) is 3.55. The molecule has 0 atom stereocenters. The highest BCUT2D eigenvalue weighted by Gasteiger charge is 2.20. The maximum absolute atomic E-state index is 3.78. The zero-order chi connectivity index (χ0) is 11.9. The van der Waals surface area contributed by atoms with Crippen LogP contribution in [0.5, 0.6) is 0 Å². The van der Waals surface area contributed by atoms with E-state index in [-0.39, 0.29) is 0 Å². The number of rotatable bonds is 7. The molecule has 0 radical (unpaired) electrons. The van der Waals surface area contributed by atoms with Gasteiger partial charge in [0.15, 0.2) is 0 Å². The quantitative estimate of drug-likeness (QED) is 0.676. The van der Waals surface area contributed by atoms with Gasteiger partial charge in [0.25, 0.3) is 0 Å². The third-order valence-corrected chi connectivity index (χ3v) is 4.60. The van der Waals surface area contributed by atoms with Gasteiger partial charge in [-0.3, -0.25) is 0 Å². The SMILES string of the molecule is CCCCCC(C)(C)CNC1CCSCC1. The second-order valence-electron chi connectivity index (χ2n) is 5.89. The first-order valence-electron chi connectivity index (χ1n) is 6.95. The summed E-state index contributed by atoms with van der Waals surface area (Å²) in [6, 6.07) is 0.798. The Balaban J connectivity index is 2.13. The molecule has 1 heterocycles. The number of hydrogen-bond acceptors (Lipinski definition) is 2. The van der Waals surface area contributed by atoms with E-state index in [0.717, 1.165) is 6.04 Å². The van der Waals surface area contributed by atoms with Crippen LogP contribution in [-0.2, 0) is 0 Å². The molecule has 1 rings (SSSR count). The van der Waals surface area contributed by atoms with Crippen molar-refractivity contribution in [2.75, 3.05) is 18.1 Å². The van der Waals surface area contributed by atoms with Crippen LogP contribution in [0.1, 0.15) is 59.3 Å². The molecular formula is C14H29NS. The molecule has 96 valence electrons. The Labute approximate surface area is 106 Å². The van der Waals surface area contributed by atoms with Crippen LogP contribution in [0.2, 0.25) is 0 Å². The third kappa shape index (κ3) is 6.15. The van der Waals surface area contributed by atoms with Gasteiger partial charge in [-0.05, 0) is 36.2 Å². The molecule has 0 aromatic heterocycles. The van der Waals surface area contributed by atoms with Gasteiger partial charge in [0.2, 0.25) is 0 Å². The molecule has 1 fully saturated rings. The maximum atomic E-state index is 3.78. The van der Waals surface area contributed by atoms with Gasteiger partial charge >= 0.3 is 0 Å². The van der Waals surface area contributed by atoms with E-state index in [0.29, 0.717) is 5.41 Å². The first-order valence-corrected chi connectivity index (χ1v) is 8.10. The van der Waals surface area contributed by atoms with Crippen LogP contribution in [0.4, 0.5) is 0 Å². The highest BCUT2D eigenvalue weighted by atomic mass is 32.2. The summed E-state index contributed by atoms with van der Waals surface area (Å²) in [5.74, 6) is 2.71. The molecule has 0 spiro atoms. The van der Waals surface area contributed by atoms with Crippen LogP contribution >= 0.6 is 11.8 Å². The van der Waals surface area contributed by atoms with E-state index in [1.165, 1.54) is 56.6 Å². The molecule has 0 aromatic carbocycles. The van der Waals surface area contributed by atoms with Gasteiger partial charge in [-0.1, -0.05) is 40.0 Å². The van der Waals surface area contributed by atoms with E-state index < -0.39 is 0 Å². The molecule has 1 saturated heterocycles. The average molecular weight is 243 g/mol. The Hall–Kier alpha value is 0.310. The van der Waals surface area contributed by atoms with Crippen molar-refractivity contribution in [3.8, 4) is 0 Å². The van der Waals surface area contributed by atoms with Crippen molar-refractivity contribution in [1.29, 1.82) is 0 Å². The lowest BCUT2D eigenvalue weighted by Gasteiger charge is -2.30. The highest BCUT2D eigenvalue weighted by molar-refractivity contribution is 7.99. The zero-order valence-corrected chi connectivity index (χ0v) is 12.2. The van der Waals surface area contributed by atoms with Crippen molar-refractivity contribution in [3.63, 3.8) is 0 Å². The summed E-state index contributed by atoms with van der Waals surface area (Å²) in [6.07, 6.45) is 8.24. The average Bonchev–Trinajstić information content (AvgIpc) is 2.28. The minimum Gasteiger partial charge on any atom is -0.313 e. The fourth-order valence-corrected chi connectivity index (χ4v) is 3.37. The number of nitrogens with one attached hydrogen (secondary N) is 1. The standard InChI is InChI=1S/C14H29NS/c1-4-5-6-9-14(2,3)12-15-13-7-10-16-11-8-13/h13,15H,4-12H2,1-3H3. The van der Waals surface area contributed by atoms with Gasteiger partial charge in [0.05, 0.1) is 0 Å². The molecule has 1 nitrogen and oxygen atoms in total. The van der Waals surface area contributed by atoms with Gasteiger partial charge in [-0.2, -0.15) is 11.8 Å². The lowest BCUT2D eigenvalue weighted by Crippen LogP contribution is -2.39. The van der Waals surface area contributed by atoms with Crippen molar-refractivity contribution in [3.05, 3.63) is 0 Å². The van der Waals surface area contributed by atoms with Crippen LogP contribution in [0.3, 0.4) is 0 Å². The fourth-order valence-electron chi connectivity index (χ4n) is 2.26. The van der Waals surface area contributed by atoms with Crippen molar-refractivity contribution < 1.29 is 0 Å². The molecule has 0 aliphatic carbocycles. The summed E-state index contributed by atoms with van der Waals surface area (Å²) in [5, 5.41) is 3.78. The number of thioether (sulfide) groups is 1. The summed E-state index contributed by atoms with van der Waals surface area (Å²) in [5.41, 5.74) is 0.486. The van der Waals surface area contributed by atoms with Crippen LogP contribution in [0.25, 0.3) is 0 Å². The van der Waals surface area contributed by atoms with E-state index in [2.05, 4.69) is 37.8 Å². The van der Waals surface area contributed by atoms with Crippen molar-refractivity contribution in [2.45, 2.75) is 65.3 Å². The first-order chi connectivity index (χ1) is 7.64. The molecule has 1 aliphatic heterocycles. The molecule has 0 bridgehead atoms. The smallest absolute Gasteiger partial charge is 0.00830 e. The van der Waals surface area contributed by atoms with Gasteiger partial charge in [-0.25, -0.2) is 0 Å². The van der Waals surface area contributed by atoms with Crippen molar-refractivity contribution in [2.24, 2.45) is 5.41 Å². The van der Waals surface area contributed by atoms with Gasteiger partial charge in [-0.15, -0.1) is 0 Å². The van der Waals surface area contributed by atoms with Crippen LogP contribution < -0.4 is 5.32 Å². The van der Waals surface area contributed by atoms with E-state index in [4.69, 9.17) is 0 Å². The van der Waals surface area contributed by atoms with Crippen molar-refractivity contribution >= 4 is 11.8 Å². The molecule has 0 amide bonds. The largest absolute Gasteiger partial charge is 0.313 e. The summed E-state index contributed by atoms with van der Waals surface area (Å²) >= 11 is 2.11. The Morgan fingerprint density at radius 2 is 1.88 bits per heavy atom. The molecule has 1 N–H and O–H groups in total. The fraction of sp³-hybridized carbons (Fsp3) is 1.00. The molecule has 16 heavy (non-hydrogen) atoms. The predicted octanol–water partition coefficient (Wildman–Crippen LogP) is 4.08. The molecule has 0 saturated carbocycles. The summed E-state index contributed by atoms with van der Waals surface area (Å²) in [7, 11) is 0. The zero-order valence-electron chi connectivity index (χ0n) is 11.3. The topological polar surface area (TPSA) is 12.0 Å². The lowest BCUT2D eigenvalue weighted by molar-refractivity contribution is 0.282. The van der Waals surface area contributed by atoms with Crippen LogP contribution in [-0.4, -0.2) is 24.1 Å². The predicted molar refractivity (Wildman–Crippen MR) is 76.3 cm³/mol. The van der Waals surface area contributed by atoms with Gasteiger partial charge in [0, 0.05) is 12.6 Å². The van der Waals surface area contributed by atoms with Crippen LogP contribution in [0.15, 0.2) is 0 Å². The normalized spacial score (nSPS) is 18.9.